The number of hydrogen-bond acceptors (Lipinski definition) is 5. The fourth-order valence-electron chi connectivity index (χ4n) is 1.94. The van der Waals surface area contributed by atoms with Crippen LogP contribution < -0.4 is 10.5 Å². The maximum atomic E-state index is 11.2. The Kier molecular flexibility index (Phi) is 3.93. The standard InChI is InChI=1S/C14H15N3O4/c1-8(14(19)20)17-13(15)11(7-18)12(16-17)9-3-5-10(21-2)6-4-9/h3-8H,15H2,1-2H3,(H,19,20). The van der Waals surface area contributed by atoms with E-state index < -0.39 is 12.0 Å². The van der Waals surface area contributed by atoms with Gasteiger partial charge in [0.15, 0.2) is 6.29 Å². The van der Waals surface area contributed by atoms with Crippen LogP contribution in [0.15, 0.2) is 24.3 Å². The zero-order valence-electron chi connectivity index (χ0n) is 11.6. The van der Waals surface area contributed by atoms with Crippen LogP contribution in [0.25, 0.3) is 11.3 Å². The number of rotatable bonds is 5. The smallest absolute Gasteiger partial charge is 0.328 e. The van der Waals surface area contributed by atoms with Gasteiger partial charge < -0.3 is 15.6 Å². The Morgan fingerprint density at radius 3 is 2.52 bits per heavy atom. The molecule has 1 aromatic heterocycles. The van der Waals surface area contributed by atoms with Crippen LogP contribution in [0.3, 0.4) is 0 Å². The van der Waals surface area contributed by atoms with E-state index in [-0.39, 0.29) is 11.4 Å². The molecule has 0 radical (unpaired) electrons. The van der Waals surface area contributed by atoms with E-state index in [2.05, 4.69) is 5.10 Å². The molecule has 21 heavy (non-hydrogen) atoms. The van der Waals surface area contributed by atoms with Gasteiger partial charge in [-0.25, -0.2) is 9.48 Å². The molecule has 1 unspecified atom stereocenters. The number of carbonyl (C=O) groups excluding carboxylic acids is 1. The third-order valence-electron chi connectivity index (χ3n) is 3.19. The highest BCUT2D eigenvalue weighted by Gasteiger charge is 2.23. The van der Waals surface area contributed by atoms with Crippen molar-refractivity contribution < 1.29 is 19.4 Å². The molecular formula is C14H15N3O4. The second-order valence-corrected chi connectivity index (χ2v) is 4.45. The third-order valence-corrected chi connectivity index (χ3v) is 3.19. The summed E-state index contributed by atoms with van der Waals surface area (Å²) >= 11 is 0. The first-order chi connectivity index (χ1) is 9.99. The predicted molar refractivity (Wildman–Crippen MR) is 76.4 cm³/mol. The van der Waals surface area contributed by atoms with Crippen LogP contribution >= 0.6 is 0 Å². The van der Waals surface area contributed by atoms with Crippen molar-refractivity contribution in [3.8, 4) is 17.0 Å². The average Bonchev–Trinajstić information content (AvgIpc) is 2.83. The number of methoxy groups -OCH3 is 1. The van der Waals surface area contributed by atoms with Crippen LogP contribution in [0.5, 0.6) is 5.75 Å². The number of carboxylic acid groups (broad SMARTS) is 1. The summed E-state index contributed by atoms with van der Waals surface area (Å²) in [7, 11) is 1.55. The number of aromatic nitrogens is 2. The van der Waals surface area contributed by atoms with Crippen molar-refractivity contribution in [3.63, 3.8) is 0 Å². The molecular weight excluding hydrogens is 274 g/mol. The summed E-state index contributed by atoms with van der Waals surface area (Å²) < 4.78 is 6.19. The van der Waals surface area contributed by atoms with Crippen molar-refractivity contribution in [3.05, 3.63) is 29.8 Å². The monoisotopic (exact) mass is 289 g/mol. The number of nitrogen functional groups attached to an aromatic ring is 1. The van der Waals surface area contributed by atoms with Crippen LogP contribution in [0, 0.1) is 0 Å². The molecule has 0 saturated heterocycles. The Balaban J connectivity index is 2.54. The number of carbonyl (C=O) groups is 2. The lowest BCUT2D eigenvalue weighted by Gasteiger charge is -2.08. The van der Waals surface area contributed by atoms with Crippen molar-refractivity contribution in [1.29, 1.82) is 0 Å². The van der Waals surface area contributed by atoms with Crippen LogP contribution in [0.2, 0.25) is 0 Å². The van der Waals surface area contributed by atoms with Crippen LogP contribution in [-0.4, -0.2) is 34.3 Å². The number of nitrogens with two attached hydrogens (primary N) is 1. The molecule has 0 amide bonds. The quantitative estimate of drug-likeness (QED) is 0.809. The minimum absolute atomic E-state index is 0.0331. The normalized spacial score (nSPS) is 11.9. The molecule has 2 aromatic rings. The second kappa shape index (κ2) is 5.66. The van der Waals surface area contributed by atoms with Crippen LogP contribution in [0.1, 0.15) is 23.3 Å². The van der Waals surface area contributed by atoms with Gasteiger partial charge in [0.1, 0.15) is 23.3 Å². The molecule has 1 aromatic carbocycles. The van der Waals surface area contributed by atoms with Gasteiger partial charge in [-0.2, -0.15) is 5.10 Å². The minimum Gasteiger partial charge on any atom is -0.497 e. The molecule has 7 heteroatoms. The van der Waals surface area contributed by atoms with Crippen molar-refractivity contribution >= 4 is 18.1 Å². The first kappa shape index (κ1) is 14.6. The third kappa shape index (κ3) is 2.58. The van der Waals surface area contributed by atoms with Gasteiger partial charge in [0, 0.05) is 5.56 Å². The molecule has 0 bridgehead atoms. The summed E-state index contributed by atoms with van der Waals surface area (Å²) in [6.07, 6.45) is 0.576. The SMILES string of the molecule is COc1ccc(-c2nn(C(C)C(=O)O)c(N)c2C=O)cc1. The molecule has 3 N–H and O–H groups in total. The van der Waals surface area contributed by atoms with E-state index in [1.54, 1.807) is 31.4 Å². The molecule has 0 spiro atoms. The minimum atomic E-state index is -1.08. The highest BCUT2D eigenvalue weighted by Crippen LogP contribution is 2.29. The zero-order chi connectivity index (χ0) is 15.6. The van der Waals surface area contributed by atoms with Gasteiger partial charge >= 0.3 is 5.97 Å². The van der Waals surface area contributed by atoms with Gasteiger partial charge in [0.05, 0.1) is 12.7 Å². The number of ether oxygens (including phenoxy) is 1. The fraction of sp³-hybridized carbons (Fsp3) is 0.214. The number of hydrogen-bond donors (Lipinski definition) is 2. The van der Waals surface area contributed by atoms with Gasteiger partial charge in [0.2, 0.25) is 0 Å². The maximum Gasteiger partial charge on any atom is 0.328 e. The maximum absolute atomic E-state index is 11.2. The topological polar surface area (TPSA) is 107 Å². The van der Waals surface area contributed by atoms with E-state index in [1.807, 2.05) is 0 Å². The van der Waals surface area contributed by atoms with E-state index >= 15 is 0 Å². The summed E-state index contributed by atoms with van der Waals surface area (Å²) in [5.74, 6) is -0.383. The van der Waals surface area contributed by atoms with Gasteiger partial charge in [-0.15, -0.1) is 0 Å². The molecule has 1 heterocycles. The van der Waals surface area contributed by atoms with E-state index in [9.17, 15) is 9.59 Å². The summed E-state index contributed by atoms with van der Waals surface area (Å²) in [6.45, 7) is 1.44. The van der Waals surface area contributed by atoms with Crippen molar-refractivity contribution in [2.24, 2.45) is 0 Å². The largest absolute Gasteiger partial charge is 0.497 e. The Morgan fingerprint density at radius 1 is 1.43 bits per heavy atom. The molecule has 2 rings (SSSR count). The summed E-state index contributed by atoms with van der Waals surface area (Å²) in [4.78, 5) is 22.3. The Morgan fingerprint density at radius 2 is 2.05 bits per heavy atom. The molecule has 0 aliphatic carbocycles. The van der Waals surface area contributed by atoms with Gasteiger partial charge in [0.25, 0.3) is 0 Å². The van der Waals surface area contributed by atoms with Gasteiger partial charge in [-0.3, -0.25) is 4.79 Å². The number of anilines is 1. The predicted octanol–water partition coefficient (Wildman–Crippen LogP) is 1.60. The molecule has 0 aliphatic heterocycles. The summed E-state index contributed by atoms with van der Waals surface area (Å²) in [5, 5.41) is 13.2. The van der Waals surface area contributed by atoms with Crippen molar-refractivity contribution in [1.82, 2.24) is 9.78 Å². The Bertz CT molecular complexity index is 676. The van der Waals surface area contributed by atoms with Crippen molar-refractivity contribution in [2.45, 2.75) is 13.0 Å². The number of carboxylic acids is 1. The van der Waals surface area contributed by atoms with E-state index in [0.717, 1.165) is 4.68 Å². The number of nitrogens with zero attached hydrogens (tertiary/aromatic N) is 2. The molecule has 7 nitrogen and oxygen atoms in total. The van der Waals surface area contributed by atoms with Gasteiger partial charge in [-0.05, 0) is 31.2 Å². The summed E-state index contributed by atoms with van der Waals surface area (Å²) in [5.41, 5.74) is 7.00. The lowest BCUT2D eigenvalue weighted by atomic mass is 10.1. The Hall–Kier alpha value is -2.83. The molecule has 0 saturated carbocycles. The summed E-state index contributed by atoms with van der Waals surface area (Å²) in [6, 6.07) is 5.93. The second-order valence-electron chi connectivity index (χ2n) is 4.45. The highest BCUT2D eigenvalue weighted by molar-refractivity contribution is 5.92. The fourth-order valence-corrected chi connectivity index (χ4v) is 1.94. The van der Waals surface area contributed by atoms with E-state index in [0.29, 0.717) is 23.3 Å². The number of aliphatic carboxylic acids is 1. The Labute approximate surface area is 120 Å². The average molecular weight is 289 g/mol. The van der Waals surface area contributed by atoms with Gasteiger partial charge in [-0.1, -0.05) is 0 Å². The molecule has 110 valence electrons. The van der Waals surface area contributed by atoms with Crippen LogP contribution in [0.4, 0.5) is 5.82 Å². The first-order valence-electron chi connectivity index (χ1n) is 6.20. The molecule has 0 aliphatic rings. The molecule has 0 fully saturated rings. The lowest BCUT2D eigenvalue weighted by Crippen LogP contribution is -2.18. The number of benzene rings is 1. The highest BCUT2D eigenvalue weighted by atomic mass is 16.5. The van der Waals surface area contributed by atoms with Crippen LogP contribution in [-0.2, 0) is 4.79 Å². The van der Waals surface area contributed by atoms with E-state index in [1.165, 1.54) is 6.92 Å². The molecule has 1 atom stereocenters. The van der Waals surface area contributed by atoms with E-state index in [4.69, 9.17) is 15.6 Å². The first-order valence-corrected chi connectivity index (χ1v) is 6.20. The zero-order valence-corrected chi connectivity index (χ0v) is 11.6. The van der Waals surface area contributed by atoms with Crippen molar-refractivity contribution in [2.75, 3.05) is 12.8 Å². The number of aldehydes is 1. The lowest BCUT2D eigenvalue weighted by molar-refractivity contribution is -0.140.